The van der Waals surface area contributed by atoms with E-state index in [2.05, 4.69) is 21.9 Å². The van der Waals surface area contributed by atoms with Gasteiger partial charge < -0.3 is 14.0 Å². The minimum absolute atomic E-state index is 0.0690. The second kappa shape index (κ2) is 8.19. The maximum Gasteiger partial charge on any atom is 0.110 e. The van der Waals surface area contributed by atoms with Gasteiger partial charge in [0.25, 0.3) is 0 Å². The van der Waals surface area contributed by atoms with Crippen molar-refractivity contribution in [3.63, 3.8) is 0 Å². The lowest BCUT2D eigenvalue weighted by Crippen LogP contribution is -2.41. The average molecular weight is 242 g/mol. The van der Waals surface area contributed by atoms with Crippen molar-refractivity contribution in [1.82, 2.24) is 15.0 Å². The third-order valence-electron chi connectivity index (χ3n) is 2.56. The third-order valence-corrected chi connectivity index (χ3v) is 2.56. The maximum absolute atomic E-state index is 5.50. The molecule has 6 heteroatoms. The van der Waals surface area contributed by atoms with Crippen LogP contribution in [-0.2, 0) is 22.4 Å². The van der Waals surface area contributed by atoms with Crippen molar-refractivity contribution < 1.29 is 9.47 Å². The summed E-state index contributed by atoms with van der Waals surface area (Å²) in [6, 6.07) is 0.0690. The molecule has 0 saturated carbocycles. The summed E-state index contributed by atoms with van der Waals surface area (Å²) in [6.07, 6.45) is 4.53. The highest BCUT2D eigenvalue weighted by Gasteiger charge is 2.11. The predicted octanol–water partition coefficient (Wildman–Crippen LogP) is -0.0596. The summed E-state index contributed by atoms with van der Waals surface area (Å²) >= 11 is 0. The highest BCUT2D eigenvalue weighted by Crippen LogP contribution is 2.02. The molecule has 0 radical (unpaired) electrons. The Labute approximate surface area is 102 Å². The number of ether oxygens (including phenoxy) is 2. The Kier molecular flexibility index (Phi) is 6.80. The van der Waals surface area contributed by atoms with Gasteiger partial charge in [-0.15, -0.1) is 0 Å². The molecule has 0 bridgehead atoms. The van der Waals surface area contributed by atoms with Gasteiger partial charge in [0.1, 0.15) is 5.82 Å². The Balaban J connectivity index is 2.35. The van der Waals surface area contributed by atoms with Gasteiger partial charge in [-0.3, -0.25) is 11.3 Å². The molecular formula is C11H22N4O2. The fourth-order valence-electron chi connectivity index (χ4n) is 1.57. The van der Waals surface area contributed by atoms with E-state index in [1.54, 1.807) is 13.3 Å². The SMILES string of the molecule is CCn1ccnc1CC(COCCOC)NN. The number of aryl methyl sites for hydroxylation is 1. The summed E-state index contributed by atoms with van der Waals surface area (Å²) in [4.78, 5) is 4.31. The van der Waals surface area contributed by atoms with Crippen LogP contribution in [0, 0.1) is 0 Å². The second-order valence-corrected chi connectivity index (χ2v) is 3.76. The van der Waals surface area contributed by atoms with Crippen molar-refractivity contribution in [2.45, 2.75) is 25.9 Å². The number of hydrogen-bond donors (Lipinski definition) is 2. The third kappa shape index (κ3) is 4.82. The van der Waals surface area contributed by atoms with Crippen LogP contribution in [0.15, 0.2) is 12.4 Å². The Morgan fingerprint density at radius 2 is 2.35 bits per heavy atom. The number of aromatic nitrogens is 2. The lowest BCUT2D eigenvalue weighted by Gasteiger charge is -2.16. The van der Waals surface area contributed by atoms with Crippen LogP contribution in [0.5, 0.6) is 0 Å². The molecular weight excluding hydrogens is 220 g/mol. The van der Waals surface area contributed by atoms with E-state index in [1.807, 2.05) is 6.20 Å². The van der Waals surface area contributed by atoms with Crippen LogP contribution >= 0.6 is 0 Å². The van der Waals surface area contributed by atoms with E-state index in [0.717, 1.165) is 18.8 Å². The molecule has 6 nitrogen and oxygen atoms in total. The molecule has 1 atom stereocenters. The van der Waals surface area contributed by atoms with E-state index < -0.39 is 0 Å². The average Bonchev–Trinajstić information content (AvgIpc) is 2.80. The van der Waals surface area contributed by atoms with Gasteiger partial charge in [0.05, 0.1) is 25.9 Å². The molecule has 3 N–H and O–H groups in total. The van der Waals surface area contributed by atoms with E-state index in [1.165, 1.54) is 0 Å². The summed E-state index contributed by atoms with van der Waals surface area (Å²) in [5.41, 5.74) is 2.75. The van der Waals surface area contributed by atoms with Gasteiger partial charge in [0.2, 0.25) is 0 Å². The highest BCUT2D eigenvalue weighted by atomic mass is 16.5. The van der Waals surface area contributed by atoms with Crippen LogP contribution in [-0.4, -0.2) is 42.5 Å². The molecule has 0 aliphatic heterocycles. The number of nitrogens with two attached hydrogens (primary N) is 1. The molecule has 1 heterocycles. The minimum Gasteiger partial charge on any atom is -0.382 e. The molecule has 0 aliphatic carbocycles. The first-order valence-corrected chi connectivity index (χ1v) is 5.84. The van der Waals surface area contributed by atoms with Crippen molar-refractivity contribution in [2.75, 3.05) is 26.9 Å². The standard InChI is InChI=1S/C11H22N4O2/c1-3-15-5-4-13-11(15)8-10(14-12)9-17-7-6-16-2/h4-5,10,14H,3,6-9,12H2,1-2H3. The smallest absolute Gasteiger partial charge is 0.110 e. The molecule has 98 valence electrons. The van der Waals surface area contributed by atoms with Gasteiger partial charge in [0.15, 0.2) is 0 Å². The maximum atomic E-state index is 5.50. The Morgan fingerprint density at radius 1 is 1.53 bits per heavy atom. The fourth-order valence-corrected chi connectivity index (χ4v) is 1.57. The molecule has 0 saturated heterocycles. The summed E-state index contributed by atoms with van der Waals surface area (Å²) in [6.45, 7) is 4.73. The molecule has 17 heavy (non-hydrogen) atoms. The zero-order valence-electron chi connectivity index (χ0n) is 10.6. The van der Waals surface area contributed by atoms with E-state index >= 15 is 0 Å². The highest BCUT2D eigenvalue weighted by molar-refractivity contribution is 4.95. The lowest BCUT2D eigenvalue weighted by atomic mass is 10.2. The Hall–Kier alpha value is -0.950. The van der Waals surface area contributed by atoms with Crippen LogP contribution in [0.25, 0.3) is 0 Å². The van der Waals surface area contributed by atoms with E-state index in [9.17, 15) is 0 Å². The number of hydrazine groups is 1. The fraction of sp³-hybridized carbons (Fsp3) is 0.727. The first kappa shape index (κ1) is 14.1. The molecule has 0 spiro atoms. The lowest BCUT2D eigenvalue weighted by molar-refractivity contribution is 0.0583. The van der Waals surface area contributed by atoms with Gasteiger partial charge in [-0.05, 0) is 6.92 Å². The number of nitrogens with zero attached hydrogens (tertiary/aromatic N) is 2. The number of imidazole rings is 1. The number of rotatable bonds is 9. The molecule has 0 aromatic carbocycles. The number of hydrogen-bond acceptors (Lipinski definition) is 5. The first-order valence-electron chi connectivity index (χ1n) is 5.84. The van der Waals surface area contributed by atoms with Gasteiger partial charge in [-0.2, -0.15) is 0 Å². The molecule has 1 unspecified atom stereocenters. The Bertz CT molecular complexity index is 303. The zero-order chi connectivity index (χ0) is 12.5. The van der Waals surface area contributed by atoms with E-state index in [0.29, 0.717) is 19.8 Å². The van der Waals surface area contributed by atoms with Crippen LogP contribution in [0.4, 0.5) is 0 Å². The summed E-state index contributed by atoms with van der Waals surface area (Å²) in [7, 11) is 1.65. The first-order chi connectivity index (χ1) is 8.31. The van der Waals surface area contributed by atoms with Crippen molar-refractivity contribution in [1.29, 1.82) is 0 Å². The molecule has 1 rings (SSSR count). The van der Waals surface area contributed by atoms with Gasteiger partial charge >= 0.3 is 0 Å². The minimum atomic E-state index is 0.0690. The predicted molar refractivity (Wildman–Crippen MR) is 65.4 cm³/mol. The zero-order valence-corrected chi connectivity index (χ0v) is 10.6. The monoisotopic (exact) mass is 242 g/mol. The van der Waals surface area contributed by atoms with Gasteiger partial charge in [-0.25, -0.2) is 4.98 Å². The second-order valence-electron chi connectivity index (χ2n) is 3.76. The largest absolute Gasteiger partial charge is 0.382 e. The van der Waals surface area contributed by atoms with Gasteiger partial charge in [0, 0.05) is 32.5 Å². The van der Waals surface area contributed by atoms with E-state index in [4.69, 9.17) is 15.3 Å². The molecule has 1 aromatic rings. The van der Waals surface area contributed by atoms with Crippen LogP contribution in [0.1, 0.15) is 12.7 Å². The van der Waals surface area contributed by atoms with Crippen molar-refractivity contribution in [3.8, 4) is 0 Å². The summed E-state index contributed by atoms with van der Waals surface area (Å²) in [5.74, 6) is 6.52. The topological polar surface area (TPSA) is 74.3 Å². The van der Waals surface area contributed by atoms with E-state index in [-0.39, 0.29) is 6.04 Å². The number of nitrogens with one attached hydrogen (secondary N) is 1. The van der Waals surface area contributed by atoms with Crippen LogP contribution in [0.2, 0.25) is 0 Å². The summed E-state index contributed by atoms with van der Waals surface area (Å²) < 4.78 is 12.4. The Morgan fingerprint density at radius 3 is 3.00 bits per heavy atom. The van der Waals surface area contributed by atoms with Crippen LogP contribution in [0.3, 0.4) is 0 Å². The van der Waals surface area contributed by atoms with Crippen molar-refractivity contribution in [3.05, 3.63) is 18.2 Å². The quantitative estimate of drug-likeness (QED) is 0.360. The molecule has 0 aliphatic rings. The molecule has 0 fully saturated rings. The van der Waals surface area contributed by atoms with Crippen LogP contribution < -0.4 is 11.3 Å². The summed E-state index contributed by atoms with van der Waals surface area (Å²) in [5, 5.41) is 0. The van der Waals surface area contributed by atoms with Crippen molar-refractivity contribution >= 4 is 0 Å². The van der Waals surface area contributed by atoms with Crippen molar-refractivity contribution in [2.24, 2.45) is 5.84 Å². The molecule has 0 amide bonds. The normalized spacial score (nSPS) is 12.9. The molecule has 1 aromatic heterocycles. The number of methoxy groups -OCH3 is 1. The van der Waals surface area contributed by atoms with Gasteiger partial charge in [-0.1, -0.05) is 0 Å².